The van der Waals surface area contributed by atoms with Crippen molar-refractivity contribution in [1.29, 1.82) is 0 Å². The summed E-state index contributed by atoms with van der Waals surface area (Å²) in [5, 5.41) is 0. The number of carbonyl (C=O) groups excluding carboxylic acids is 1. The molecule has 1 aromatic carbocycles. The third-order valence-electron chi connectivity index (χ3n) is 5.26. The highest BCUT2D eigenvalue weighted by atomic mass is 16.5. The van der Waals surface area contributed by atoms with Crippen LogP contribution in [0.1, 0.15) is 32.6 Å². The average Bonchev–Trinajstić information content (AvgIpc) is 2.66. The number of benzene rings is 1. The van der Waals surface area contributed by atoms with Gasteiger partial charge in [0.2, 0.25) is 5.91 Å². The van der Waals surface area contributed by atoms with Crippen molar-refractivity contribution in [2.24, 2.45) is 5.41 Å². The van der Waals surface area contributed by atoms with E-state index in [1.54, 1.807) is 0 Å². The number of piperidine rings is 1. The molecule has 0 bridgehead atoms. The molecule has 2 saturated heterocycles. The van der Waals surface area contributed by atoms with Gasteiger partial charge in [0.1, 0.15) is 5.75 Å². The van der Waals surface area contributed by atoms with Crippen LogP contribution in [0.3, 0.4) is 0 Å². The van der Waals surface area contributed by atoms with E-state index in [9.17, 15) is 4.79 Å². The summed E-state index contributed by atoms with van der Waals surface area (Å²) in [7, 11) is 0. The topological polar surface area (TPSA) is 48.0 Å². The molecule has 1 amide bonds. The summed E-state index contributed by atoms with van der Waals surface area (Å²) in [5.41, 5.74) is -0.0392. The van der Waals surface area contributed by atoms with Gasteiger partial charge in [-0.2, -0.15) is 0 Å². The van der Waals surface area contributed by atoms with Crippen LogP contribution in [-0.2, 0) is 14.3 Å². The minimum absolute atomic E-state index is 0.0392. The maximum absolute atomic E-state index is 12.6. The molecular formula is C20H29NO4. The van der Waals surface area contributed by atoms with Gasteiger partial charge in [-0.1, -0.05) is 18.2 Å². The number of nitrogens with zero attached hydrogens (tertiary/aromatic N) is 1. The summed E-state index contributed by atoms with van der Waals surface area (Å²) in [6, 6.07) is 9.63. The molecule has 2 heterocycles. The van der Waals surface area contributed by atoms with Crippen LogP contribution in [0.15, 0.2) is 30.3 Å². The van der Waals surface area contributed by atoms with Crippen LogP contribution >= 0.6 is 0 Å². The van der Waals surface area contributed by atoms with E-state index in [4.69, 9.17) is 14.2 Å². The number of rotatable bonds is 7. The average molecular weight is 347 g/mol. The number of hydrogen-bond acceptors (Lipinski definition) is 4. The number of para-hydroxylation sites is 1. The summed E-state index contributed by atoms with van der Waals surface area (Å²) < 4.78 is 17.4. The molecule has 2 atom stereocenters. The lowest BCUT2D eigenvalue weighted by Crippen LogP contribution is -2.58. The summed E-state index contributed by atoms with van der Waals surface area (Å²) in [4.78, 5) is 14.6. The first kappa shape index (κ1) is 18.2. The van der Waals surface area contributed by atoms with Crippen LogP contribution in [0.4, 0.5) is 0 Å². The molecule has 0 radical (unpaired) electrons. The Morgan fingerprint density at radius 1 is 1.36 bits per heavy atom. The highest BCUT2D eigenvalue weighted by Crippen LogP contribution is 2.40. The van der Waals surface area contributed by atoms with Gasteiger partial charge in [-0.15, -0.1) is 0 Å². The van der Waals surface area contributed by atoms with Crippen molar-refractivity contribution in [3.05, 3.63) is 30.3 Å². The molecule has 5 heteroatoms. The molecule has 1 aromatic rings. The number of ether oxygens (including phenoxy) is 3. The van der Waals surface area contributed by atoms with E-state index in [1.807, 2.05) is 42.2 Å². The molecule has 0 spiro atoms. The summed E-state index contributed by atoms with van der Waals surface area (Å²) in [6.07, 6.45) is 3.64. The zero-order valence-corrected chi connectivity index (χ0v) is 15.1. The van der Waals surface area contributed by atoms with Crippen molar-refractivity contribution >= 4 is 5.91 Å². The first-order valence-corrected chi connectivity index (χ1v) is 9.38. The highest BCUT2D eigenvalue weighted by molar-refractivity contribution is 5.76. The predicted molar refractivity (Wildman–Crippen MR) is 95.7 cm³/mol. The maximum Gasteiger partial charge on any atom is 0.226 e. The Kier molecular flexibility index (Phi) is 6.32. The number of likely N-dealkylation sites (tertiary alicyclic amines) is 1. The van der Waals surface area contributed by atoms with E-state index in [-0.39, 0.29) is 17.4 Å². The molecular weight excluding hydrogens is 318 g/mol. The van der Waals surface area contributed by atoms with Crippen LogP contribution in [0.2, 0.25) is 0 Å². The Morgan fingerprint density at radius 2 is 2.20 bits per heavy atom. The fraction of sp³-hybridized carbons (Fsp3) is 0.650. The summed E-state index contributed by atoms with van der Waals surface area (Å²) >= 11 is 0. The number of fused-ring (bicyclic) bond motifs is 1. The predicted octanol–water partition coefficient (Wildman–Crippen LogP) is 2.89. The SMILES string of the molecule is CCOC[C@@]12CCCO[C@@H]1CCN(C(=O)CCOc1ccccc1)C2. The first-order valence-electron chi connectivity index (χ1n) is 9.38. The monoisotopic (exact) mass is 347 g/mol. The van der Waals surface area contributed by atoms with Gasteiger partial charge in [-0.05, 0) is 38.3 Å². The third-order valence-corrected chi connectivity index (χ3v) is 5.26. The van der Waals surface area contributed by atoms with E-state index in [1.165, 1.54) is 0 Å². The first-order chi connectivity index (χ1) is 12.2. The van der Waals surface area contributed by atoms with Crippen molar-refractivity contribution in [3.8, 4) is 5.75 Å². The van der Waals surface area contributed by atoms with Gasteiger partial charge in [-0.25, -0.2) is 0 Å². The number of carbonyl (C=O) groups is 1. The smallest absolute Gasteiger partial charge is 0.226 e. The van der Waals surface area contributed by atoms with E-state index in [0.717, 1.165) is 44.7 Å². The molecule has 2 fully saturated rings. The Balaban J connectivity index is 1.54. The molecule has 0 aromatic heterocycles. The molecule has 0 N–H and O–H groups in total. The van der Waals surface area contributed by atoms with Gasteiger partial charge in [0.15, 0.2) is 0 Å². The van der Waals surface area contributed by atoms with Gasteiger partial charge in [0.05, 0.1) is 25.7 Å². The highest BCUT2D eigenvalue weighted by Gasteiger charge is 2.47. The van der Waals surface area contributed by atoms with Gasteiger partial charge >= 0.3 is 0 Å². The molecule has 0 unspecified atom stereocenters. The van der Waals surface area contributed by atoms with Crippen LogP contribution in [-0.4, -0.2) is 56.4 Å². The van der Waals surface area contributed by atoms with Gasteiger partial charge in [-0.3, -0.25) is 4.79 Å². The molecule has 0 aliphatic carbocycles. The van der Waals surface area contributed by atoms with Crippen LogP contribution in [0.5, 0.6) is 5.75 Å². The molecule has 2 aliphatic heterocycles. The fourth-order valence-corrected chi connectivity index (χ4v) is 3.95. The number of hydrogen-bond donors (Lipinski definition) is 0. The van der Waals surface area contributed by atoms with E-state index < -0.39 is 0 Å². The van der Waals surface area contributed by atoms with Crippen molar-refractivity contribution in [1.82, 2.24) is 4.90 Å². The van der Waals surface area contributed by atoms with E-state index in [2.05, 4.69) is 0 Å². The standard InChI is InChI=1S/C20H29NO4/c1-2-23-16-20-11-6-13-25-18(20)9-12-21(15-20)19(22)10-14-24-17-7-4-3-5-8-17/h3-5,7-8,18H,2,6,9-16H2,1H3/t18-,20+/m1/s1. The largest absolute Gasteiger partial charge is 0.493 e. The van der Waals surface area contributed by atoms with Crippen LogP contribution in [0.25, 0.3) is 0 Å². The zero-order chi connectivity index (χ0) is 17.5. The van der Waals surface area contributed by atoms with E-state index >= 15 is 0 Å². The lowest BCUT2D eigenvalue weighted by atomic mass is 9.73. The van der Waals surface area contributed by atoms with Crippen molar-refractivity contribution in [2.45, 2.75) is 38.7 Å². The molecule has 2 aliphatic rings. The third kappa shape index (κ3) is 4.53. The molecule has 3 rings (SSSR count). The lowest BCUT2D eigenvalue weighted by molar-refractivity contribution is -0.164. The Labute approximate surface area is 150 Å². The summed E-state index contributed by atoms with van der Waals surface area (Å²) in [6.45, 7) is 6.15. The minimum Gasteiger partial charge on any atom is -0.493 e. The van der Waals surface area contributed by atoms with Crippen LogP contribution < -0.4 is 4.74 Å². The Morgan fingerprint density at radius 3 is 3.00 bits per heavy atom. The Hall–Kier alpha value is -1.59. The molecule has 138 valence electrons. The fourth-order valence-electron chi connectivity index (χ4n) is 3.95. The van der Waals surface area contributed by atoms with Gasteiger partial charge in [0.25, 0.3) is 0 Å². The van der Waals surface area contributed by atoms with Crippen molar-refractivity contribution < 1.29 is 19.0 Å². The lowest BCUT2D eigenvalue weighted by Gasteiger charge is -2.50. The Bertz CT molecular complexity index is 550. The number of amides is 1. The second kappa shape index (κ2) is 8.68. The summed E-state index contributed by atoms with van der Waals surface area (Å²) in [5.74, 6) is 0.971. The minimum atomic E-state index is -0.0392. The molecule has 0 saturated carbocycles. The van der Waals surface area contributed by atoms with Gasteiger partial charge in [0, 0.05) is 31.7 Å². The second-order valence-corrected chi connectivity index (χ2v) is 6.98. The molecule has 25 heavy (non-hydrogen) atoms. The maximum atomic E-state index is 12.6. The van der Waals surface area contributed by atoms with Gasteiger partial charge < -0.3 is 19.1 Å². The van der Waals surface area contributed by atoms with Crippen LogP contribution in [0, 0.1) is 5.41 Å². The van der Waals surface area contributed by atoms with Crippen molar-refractivity contribution in [3.63, 3.8) is 0 Å². The normalized spacial score (nSPS) is 26.1. The molecule has 5 nitrogen and oxygen atoms in total. The second-order valence-electron chi connectivity index (χ2n) is 6.98. The quantitative estimate of drug-likeness (QED) is 0.761. The van der Waals surface area contributed by atoms with Crippen molar-refractivity contribution in [2.75, 3.05) is 39.5 Å². The van der Waals surface area contributed by atoms with E-state index in [0.29, 0.717) is 26.2 Å². The zero-order valence-electron chi connectivity index (χ0n) is 15.1.